The molecule has 0 spiro atoms. The highest BCUT2D eigenvalue weighted by Gasteiger charge is 2.19. The second-order valence-corrected chi connectivity index (χ2v) is 9.41. The summed E-state index contributed by atoms with van der Waals surface area (Å²) in [6.07, 6.45) is 2.42. The van der Waals surface area contributed by atoms with Gasteiger partial charge in [0.25, 0.3) is 0 Å². The van der Waals surface area contributed by atoms with E-state index in [-0.39, 0.29) is 23.3 Å². The molecule has 6 nitrogen and oxygen atoms in total. The summed E-state index contributed by atoms with van der Waals surface area (Å²) in [6, 6.07) is 15.0. The SMILES string of the molecule is COc1ccc(S(=O)(=O)N(C)C)cc1CCC(=O)N[C@H](C)CCc1ccccc1. The van der Waals surface area contributed by atoms with Crippen molar-refractivity contribution >= 4 is 15.9 Å². The third-order valence-corrected chi connectivity index (χ3v) is 6.58. The van der Waals surface area contributed by atoms with Crippen molar-refractivity contribution in [3.63, 3.8) is 0 Å². The van der Waals surface area contributed by atoms with Crippen molar-refractivity contribution in [1.82, 2.24) is 9.62 Å². The molecule has 2 aromatic rings. The first-order chi connectivity index (χ1) is 13.7. The van der Waals surface area contributed by atoms with E-state index >= 15 is 0 Å². The maximum absolute atomic E-state index is 12.4. The average Bonchev–Trinajstić information content (AvgIpc) is 2.71. The second-order valence-electron chi connectivity index (χ2n) is 7.25. The van der Waals surface area contributed by atoms with Crippen molar-refractivity contribution in [2.75, 3.05) is 21.2 Å². The Morgan fingerprint density at radius 3 is 2.41 bits per heavy atom. The van der Waals surface area contributed by atoms with E-state index < -0.39 is 10.0 Å². The minimum atomic E-state index is -3.54. The molecule has 7 heteroatoms. The van der Waals surface area contributed by atoms with Crippen LogP contribution in [-0.4, -0.2) is 45.9 Å². The number of amides is 1. The third kappa shape index (κ3) is 6.58. The largest absolute Gasteiger partial charge is 0.496 e. The molecule has 0 aromatic heterocycles. The number of ether oxygens (including phenoxy) is 1. The minimum Gasteiger partial charge on any atom is -0.496 e. The van der Waals surface area contributed by atoms with Crippen molar-refractivity contribution in [2.45, 2.75) is 43.5 Å². The van der Waals surface area contributed by atoms with Crippen molar-refractivity contribution in [2.24, 2.45) is 0 Å². The molecule has 1 amide bonds. The zero-order valence-corrected chi connectivity index (χ0v) is 18.3. The van der Waals surface area contributed by atoms with Crippen LogP contribution in [0.25, 0.3) is 0 Å². The van der Waals surface area contributed by atoms with E-state index in [1.807, 2.05) is 25.1 Å². The van der Waals surface area contributed by atoms with Crippen LogP contribution in [-0.2, 0) is 27.7 Å². The van der Waals surface area contributed by atoms with E-state index in [0.717, 1.165) is 12.8 Å². The van der Waals surface area contributed by atoms with E-state index in [1.165, 1.54) is 37.1 Å². The lowest BCUT2D eigenvalue weighted by Gasteiger charge is -2.16. The summed E-state index contributed by atoms with van der Waals surface area (Å²) in [6.45, 7) is 1.99. The van der Waals surface area contributed by atoms with Gasteiger partial charge in [-0.15, -0.1) is 0 Å². The Bertz CT molecular complexity index is 912. The van der Waals surface area contributed by atoms with Gasteiger partial charge in [0.1, 0.15) is 5.75 Å². The minimum absolute atomic E-state index is 0.0602. The van der Waals surface area contributed by atoms with Crippen molar-refractivity contribution in [3.05, 3.63) is 59.7 Å². The summed E-state index contributed by atoms with van der Waals surface area (Å²) in [4.78, 5) is 12.5. The molecule has 0 saturated carbocycles. The van der Waals surface area contributed by atoms with Gasteiger partial charge in [-0.1, -0.05) is 30.3 Å². The maximum atomic E-state index is 12.4. The molecule has 0 unspecified atom stereocenters. The first-order valence-electron chi connectivity index (χ1n) is 9.66. The quantitative estimate of drug-likeness (QED) is 0.644. The summed E-state index contributed by atoms with van der Waals surface area (Å²) < 4.78 is 31.2. The number of nitrogens with zero attached hydrogens (tertiary/aromatic N) is 1. The normalized spacial score (nSPS) is 12.6. The van der Waals surface area contributed by atoms with Crippen LogP contribution < -0.4 is 10.1 Å². The number of methoxy groups -OCH3 is 1. The van der Waals surface area contributed by atoms with E-state index in [2.05, 4.69) is 17.4 Å². The standard InChI is InChI=1S/C22H30N2O4S/c1-17(10-11-18-8-6-5-7-9-18)23-22(25)15-12-19-16-20(13-14-21(19)28-4)29(26,27)24(2)3/h5-9,13-14,16-17H,10-12,15H2,1-4H3,(H,23,25)/t17-/m1/s1. The number of hydrogen-bond acceptors (Lipinski definition) is 4. The van der Waals surface area contributed by atoms with Gasteiger partial charge in [-0.2, -0.15) is 0 Å². The lowest BCUT2D eigenvalue weighted by Crippen LogP contribution is -2.33. The summed E-state index contributed by atoms with van der Waals surface area (Å²) in [5.41, 5.74) is 1.94. The predicted molar refractivity (Wildman–Crippen MR) is 115 cm³/mol. The number of rotatable bonds is 10. The van der Waals surface area contributed by atoms with Crippen molar-refractivity contribution < 1.29 is 17.9 Å². The van der Waals surface area contributed by atoms with Gasteiger partial charge in [0.05, 0.1) is 12.0 Å². The molecule has 0 aliphatic heterocycles. The lowest BCUT2D eigenvalue weighted by atomic mass is 10.1. The molecule has 2 rings (SSSR count). The Labute approximate surface area is 173 Å². The number of carbonyl (C=O) groups is 1. The van der Waals surface area contributed by atoms with Gasteiger partial charge >= 0.3 is 0 Å². The molecule has 1 atom stereocenters. The fraction of sp³-hybridized carbons (Fsp3) is 0.409. The Balaban J connectivity index is 1.94. The second kappa shape index (κ2) is 10.4. The Morgan fingerprint density at radius 2 is 1.79 bits per heavy atom. The number of aryl methyl sites for hydroxylation is 2. The summed E-state index contributed by atoms with van der Waals surface area (Å²) >= 11 is 0. The number of hydrogen-bond donors (Lipinski definition) is 1. The molecular formula is C22H30N2O4S. The number of sulfonamides is 1. The summed E-state index contributed by atoms with van der Waals surface area (Å²) in [5, 5.41) is 3.01. The van der Waals surface area contributed by atoms with Gasteiger partial charge in [0.15, 0.2) is 0 Å². The summed E-state index contributed by atoms with van der Waals surface area (Å²) in [5.74, 6) is 0.515. The van der Waals surface area contributed by atoms with Crippen LogP contribution >= 0.6 is 0 Å². The van der Waals surface area contributed by atoms with Crippen LogP contribution in [0.15, 0.2) is 53.4 Å². The van der Waals surface area contributed by atoms with Crippen molar-refractivity contribution in [1.29, 1.82) is 0 Å². The van der Waals surface area contributed by atoms with E-state index in [9.17, 15) is 13.2 Å². The van der Waals surface area contributed by atoms with Gasteiger partial charge < -0.3 is 10.1 Å². The molecule has 158 valence electrons. The predicted octanol–water partition coefficient (Wildman–Crippen LogP) is 3.02. The maximum Gasteiger partial charge on any atom is 0.242 e. The molecule has 0 saturated heterocycles. The smallest absolute Gasteiger partial charge is 0.242 e. The summed E-state index contributed by atoms with van der Waals surface area (Å²) in [7, 11) is 0.973. The van der Waals surface area contributed by atoms with Crippen LogP contribution in [0.4, 0.5) is 0 Å². The molecule has 0 bridgehead atoms. The van der Waals surface area contributed by atoms with Crippen LogP contribution in [0, 0.1) is 0 Å². The molecule has 1 N–H and O–H groups in total. The van der Waals surface area contributed by atoms with Crippen LogP contribution in [0.2, 0.25) is 0 Å². The third-order valence-electron chi connectivity index (χ3n) is 4.77. The van der Waals surface area contributed by atoms with Gasteiger partial charge in [0, 0.05) is 26.6 Å². The zero-order chi connectivity index (χ0) is 21.4. The number of carbonyl (C=O) groups excluding carboxylic acids is 1. The zero-order valence-electron chi connectivity index (χ0n) is 17.5. The van der Waals surface area contributed by atoms with E-state index in [0.29, 0.717) is 17.7 Å². The number of nitrogens with one attached hydrogen (secondary N) is 1. The lowest BCUT2D eigenvalue weighted by molar-refractivity contribution is -0.121. The fourth-order valence-corrected chi connectivity index (χ4v) is 3.97. The molecule has 0 aliphatic rings. The first-order valence-corrected chi connectivity index (χ1v) is 11.1. The molecule has 0 radical (unpaired) electrons. The highest BCUT2D eigenvalue weighted by Crippen LogP contribution is 2.25. The topological polar surface area (TPSA) is 75.7 Å². The molecule has 0 heterocycles. The van der Waals surface area contributed by atoms with Crippen LogP contribution in [0.3, 0.4) is 0 Å². The number of benzene rings is 2. The van der Waals surface area contributed by atoms with Crippen molar-refractivity contribution in [3.8, 4) is 5.75 Å². The fourth-order valence-electron chi connectivity index (χ4n) is 3.02. The van der Waals surface area contributed by atoms with Gasteiger partial charge in [-0.25, -0.2) is 12.7 Å². The molecule has 0 aliphatic carbocycles. The molecule has 0 fully saturated rings. The molecule has 2 aromatic carbocycles. The highest BCUT2D eigenvalue weighted by molar-refractivity contribution is 7.89. The van der Waals surface area contributed by atoms with Crippen LogP contribution in [0.5, 0.6) is 5.75 Å². The average molecular weight is 419 g/mol. The van der Waals surface area contributed by atoms with Gasteiger partial charge in [0.2, 0.25) is 15.9 Å². The van der Waals surface area contributed by atoms with E-state index in [1.54, 1.807) is 12.1 Å². The van der Waals surface area contributed by atoms with Gasteiger partial charge in [-0.3, -0.25) is 4.79 Å². The Kier molecular flexibility index (Phi) is 8.22. The molecular weight excluding hydrogens is 388 g/mol. The monoisotopic (exact) mass is 418 g/mol. The first kappa shape index (κ1) is 22.9. The van der Waals surface area contributed by atoms with E-state index in [4.69, 9.17) is 4.74 Å². The molecule has 29 heavy (non-hydrogen) atoms. The highest BCUT2D eigenvalue weighted by atomic mass is 32.2. The van der Waals surface area contributed by atoms with Gasteiger partial charge in [-0.05, 0) is 55.5 Å². The van der Waals surface area contributed by atoms with Crippen LogP contribution in [0.1, 0.15) is 30.9 Å². The Hall–Kier alpha value is -2.38. The Morgan fingerprint density at radius 1 is 1.10 bits per heavy atom.